The van der Waals surface area contributed by atoms with Crippen molar-refractivity contribution in [3.63, 3.8) is 0 Å². The van der Waals surface area contributed by atoms with Crippen LogP contribution in [0.25, 0.3) is 0 Å². The number of piperidine rings is 1. The summed E-state index contributed by atoms with van der Waals surface area (Å²) in [5, 5.41) is 6.51. The predicted molar refractivity (Wildman–Crippen MR) is 125 cm³/mol. The third kappa shape index (κ3) is 6.43. The molecule has 1 amide bonds. The molecule has 1 heterocycles. The Morgan fingerprint density at radius 3 is 2.26 bits per heavy atom. The van der Waals surface area contributed by atoms with Crippen LogP contribution in [0.4, 0.5) is 18.9 Å². The molecule has 0 spiro atoms. The molecule has 1 fully saturated rings. The highest BCUT2D eigenvalue weighted by Gasteiger charge is 2.38. The van der Waals surface area contributed by atoms with Gasteiger partial charge in [0.05, 0.1) is 21.0 Å². The van der Waals surface area contributed by atoms with E-state index in [1.54, 1.807) is 0 Å². The smallest absolute Gasteiger partial charge is 0.349 e. The molecule has 6 nitrogen and oxygen atoms in total. The summed E-state index contributed by atoms with van der Waals surface area (Å²) in [6.07, 6.45) is -3.30. The van der Waals surface area contributed by atoms with Crippen LogP contribution in [0.2, 0.25) is 5.02 Å². The number of rotatable bonds is 5. The third-order valence-electron chi connectivity index (χ3n) is 5.46. The summed E-state index contributed by atoms with van der Waals surface area (Å²) in [6.45, 7) is 8.14. The number of anilines is 1. The average Bonchev–Trinajstić information content (AvgIpc) is 2.64. The molecule has 34 heavy (non-hydrogen) atoms. The second-order valence-electron chi connectivity index (χ2n) is 9.80. The van der Waals surface area contributed by atoms with E-state index < -0.39 is 27.7 Å². The van der Waals surface area contributed by atoms with E-state index >= 15 is 0 Å². The topological polar surface area (TPSA) is 87.3 Å². The molecule has 186 valence electrons. The normalized spacial score (nSPS) is 18.4. The van der Waals surface area contributed by atoms with E-state index in [-0.39, 0.29) is 38.3 Å². The van der Waals surface area contributed by atoms with Gasteiger partial charge in [-0.2, -0.15) is 13.2 Å². The summed E-state index contributed by atoms with van der Waals surface area (Å²) >= 11 is 6.19. The van der Waals surface area contributed by atoms with E-state index in [9.17, 15) is 26.4 Å². The van der Waals surface area contributed by atoms with Gasteiger partial charge < -0.3 is 10.6 Å². The van der Waals surface area contributed by atoms with Gasteiger partial charge in [0.25, 0.3) is 15.9 Å². The molecule has 0 aliphatic carbocycles. The van der Waals surface area contributed by atoms with Gasteiger partial charge >= 0.3 is 6.18 Å². The van der Waals surface area contributed by atoms with Crippen molar-refractivity contribution in [2.75, 3.05) is 4.72 Å². The number of carbonyl (C=O) groups is 1. The summed E-state index contributed by atoms with van der Waals surface area (Å²) in [5.74, 6) is -0.528. The van der Waals surface area contributed by atoms with Crippen LogP contribution in [0.1, 0.15) is 56.5 Å². The highest BCUT2D eigenvalue weighted by atomic mass is 35.5. The van der Waals surface area contributed by atoms with Crippen molar-refractivity contribution in [1.82, 2.24) is 10.6 Å². The fourth-order valence-electron chi connectivity index (χ4n) is 4.51. The number of hydrogen-bond donors (Lipinski definition) is 3. The van der Waals surface area contributed by atoms with Crippen molar-refractivity contribution in [2.45, 2.75) is 68.7 Å². The van der Waals surface area contributed by atoms with Crippen LogP contribution >= 0.6 is 11.6 Å². The van der Waals surface area contributed by atoms with Crippen molar-refractivity contribution >= 4 is 33.2 Å². The maximum atomic E-state index is 13.0. The van der Waals surface area contributed by atoms with Crippen molar-refractivity contribution in [3.05, 3.63) is 58.6 Å². The standard InChI is InChI=1S/C23H27ClF3N3O3S/c1-21(2)12-16(13-22(3,4)30-21)28-20(31)18-11-17(8-9-19(18)24)34(32,33)29-15-7-5-6-14(10-15)23(25,26)27/h5-11,16,29-30H,12-13H2,1-4H3,(H,28,31). The van der Waals surface area contributed by atoms with Crippen LogP contribution in [0.15, 0.2) is 47.4 Å². The van der Waals surface area contributed by atoms with Crippen LogP contribution in [0, 0.1) is 0 Å². The molecule has 1 aliphatic rings. The van der Waals surface area contributed by atoms with Crippen molar-refractivity contribution in [3.8, 4) is 0 Å². The van der Waals surface area contributed by atoms with Crippen LogP contribution in [-0.2, 0) is 16.2 Å². The lowest BCUT2D eigenvalue weighted by atomic mass is 9.79. The van der Waals surface area contributed by atoms with Crippen LogP contribution < -0.4 is 15.4 Å². The lowest BCUT2D eigenvalue weighted by Crippen LogP contribution is -2.62. The van der Waals surface area contributed by atoms with Gasteiger partial charge in [-0.05, 0) is 76.9 Å². The van der Waals surface area contributed by atoms with Gasteiger partial charge in [0.2, 0.25) is 0 Å². The Morgan fingerprint density at radius 1 is 1.06 bits per heavy atom. The van der Waals surface area contributed by atoms with Crippen molar-refractivity contribution in [1.29, 1.82) is 0 Å². The predicted octanol–water partition coefficient (Wildman–Crippen LogP) is 5.20. The van der Waals surface area contributed by atoms with E-state index in [0.717, 1.165) is 18.2 Å². The Labute approximate surface area is 202 Å². The van der Waals surface area contributed by atoms with Crippen molar-refractivity contribution < 1.29 is 26.4 Å². The van der Waals surface area contributed by atoms with Crippen LogP contribution in [-0.4, -0.2) is 31.4 Å². The molecular formula is C23H27ClF3N3O3S. The molecule has 0 bridgehead atoms. The zero-order valence-corrected chi connectivity index (χ0v) is 20.8. The minimum atomic E-state index is -4.62. The molecule has 2 aromatic rings. The number of halogens is 4. The van der Waals surface area contributed by atoms with Gasteiger partial charge in [-0.15, -0.1) is 0 Å². The van der Waals surface area contributed by atoms with Crippen molar-refractivity contribution in [2.24, 2.45) is 0 Å². The quantitative estimate of drug-likeness (QED) is 0.509. The molecular weight excluding hydrogens is 491 g/mol. The zero-order chi connectivity index (χ0) is 25.5. The summed E-state index contributed by atoms with van der Waals surface area (Å²) < 4.78 is 66.7. The number of benzene rings is 2. The molecule has 0 aromatic heterocycles. The SMILES string of the molecule is CC1(C)CC(NC(=O)c2cc(S(=O)(=O)Nc3cccc(C(F)(F)F)c3)ccc2Cl)CC(C)(C)N1. The van der Waals surface area contributed by atoms with E-state index in [2.05, 4.69) is 15.4 Å². The summed E-state index contributed by atoms with van der Waals surface area (Å²) in [7, 11) is -4.28. The molecule has 0 atom stereocenters. The number of hydrogen-bond acceptors (Lipinski definition) is 4. The molecule has 1 aliphatic heterocycles. The minimum Gasteiger partial charge on any atom is -0.349 e. The third-order valence-corrected chi connectivity index (χ3v) is 7.17. The van der Waals surface area contributed by atoms with Gasteiger partial charge in [0.1, 0.15) is 0 Å². The second kappa shape index (κ2) is 9.05. The highest BCUT2D eigenvalue weighted by molar-refractivity contribution is 7.92. The largest absolute Gasteiger partial charge is 0.416 e. The molecule has 0 radical (unpaired) electrons. The summed E-state index contributed by atoms with van der Waals surface area (Å²) in [5.41, 5.74) is -1.72. The average molecular weight is 518 g/mol. The van der Waals surface area contributed by atoms with Crippen LogP contribution in [0.5, 0.6) is 0 Å². The molecule has 0 saturated carbocycles. The Morgan fingerprint density at radius 2 is 1.68 bits per heavy atom. The van der Waals surface area contributed by atoms with Gasteiger partial charge in [-0.3, -0.25) is 9.52 Å². The molecule has 1 saturated heterocycles. The van der Waals surface area contributed by atoms with Gasteiger partial charge in [0.15, 0.2) is 0 Å². The Bertz CT molecular complexity index is 1180. The van der Waals surface area contributed by atoms with E-state index in [1.165, 1.54) is 18.2 Å². The van der Waals surface area contributed by atoms with Gasteiger partial charge in [-0.1, -0.05) is 17.7 Å². The minimum absolute atomic E-state index is 0.0391. The number of sulfonamides is 1. The summed E-state index contributed by atoms with van der Waals surface area (Å²) in [6, 6.07) is 7.25. The lowest BCUT2D eigenvalue weighted by Gasteiger charge is -2.46. The maximum absolute atomic E-state index is 13.0. The molecule has 11 heteroatoms. The number of alkyl halides is 3. The maximum Gasteiger partial charge on any atom is 0.416 e. The monoisotopic (exact) mass is 517 g/mol. The molecule has 3 N–H and O–H groups in total. The highest BCUT2D eigenvalue weighted by Crippen LogP contribution is 2.32. The number of carbonyl (C=O) groups excluding carboxylic acids is 1. The second-order valence-corrected chi connectivity index (χ2v) is 11.9. The number of amides is 1. The first-order valence-electron chi connectivity index (χ1n) is 10.6. The summed E-state index contributed by atoms with van der Waals surface area (Å²) in [4.78, 5) is 12.7. The first-order valence-corrected chi connectivity index (χ1v) is 12.4. The van der Waals surface area contributed by atoms with E-state index in [4.69, 9.17) is 11.6 Å². The Balaban J connectivity index is 1.83. The van der Waals surface area contributed by atoms with E-state index in [1.807, 2.05) is 27.7 Å². The molecule has 0 unspecified atom stereocenters. The fourth-order valence-corrected chi connectivity index (χ4v) is 5.78. The number of nitrogens with one attached hydrogen (secondary N) is 3. The fraction of sp³-hybridized carbons (Fsp3) is 0.435. The Hall–Kier alpha value is -2.30. The Kier molecular flexibility index (Phi) is 7.00. The zero-order valence-electron chi connectivity index (χ0n) is 19.2. The van der Waals surface area contributed by atoms with Gasteiger partial charge in [-0.25, -0.2) is 8.42 Å². The lowest BCUT2D eigenvalue weighted by molar-refractivity contribution is -0.137. The van der Waals surface area contributed by atoms with Gasteiger partial charge in [0, 0.05) is 22.8 Å². The van der Waals surface area contributed by atoms with E-state index in [0.29, 0.717) is 18.9 Å². The molecule has 2 aromatic carbocycles. The van der Waals surface area contributed by atoms with Crippen LogP contribution in [0.3, 0.4) is 0 Å². The first-order chi connectivity index (χ1) is 15.5. The first kappa shape index (κ1) is 26.3. The molecule has 3 rings (SSSR count).